The van der Waals surface area contributed by atoms with Crippen LogP contribution in [0.2, 0.25) is 0 Å². The SMILES string of the molecule is Cc1ccc(CC(C)Nc2ncc(F)cc2F)s1. The molecular weight excluding hydrogens is 254 g/mol. The van der Waals surface area contributed by atoms with E-state index >= 15 is 0 Å². The van der Waals surface area contributed by atoms with Gasteiger partial charge in [0.1, 0.15) is 5.82 Å². The van der Waals surface area contributed by atoms with Crippen LogP contribution in [0, 0.1) is 18.6 Å². The van der Waals surface area contributed by atoms with E-state index < -0.39 is 11.6 Å². The zero-order valence-electron chi connectivity index (χ0n) is 10.2. The fourth-order valence-electron chi connectivity index (χ4n) is 1.70. The van der Waals surface area contributed by atoms with Gasteiger partial charge in [-0.05, 0) is 26.0 Å². The molecule has 2 rings (SSSR count). The molecule has 0 amide bonds. The summed E-state index contributed by atoms with van der Waals surface area (Å²) in [6.07, 6.45) is 1.80. The molecule has 0 aliphatic rings. The molecule has 0 saturated heterocycles. The molecule has 2 aromatic rings. The molecule has 0 fully saturated rings. The molecule has 2 nitrogen and oxygen atoms in total. The van der Waals surface area contributed by atoms with Crippen molar-refractivity contribution in [3.05, 3.63) is 45.8 Å². The lowest BCUT2D eigenvalue weighted by atomic mass is 10.2. The third kappa shape index (κ3) is 3.26. The molecular formula is C13H14F2N2S. The molecule has 0 aromatic carbocycles. The van der Waals surface area contributed by atoms with Crippen molar-refractivity contribution in [2.45, 2.75) is 26.3 Å². The monoisotopic (exact) mass is 268 g/mol. The largest absolute Gasteiger partial charge is 0.365 e. The molecule has 0 spiro atoms. The smallest absolute Gasteiger partial charge is 0.168 e. The molecule has 0 bridgehead atoms. The lowest BCUT2D eigenvalue weighted by molar-refractivity contribution is 0.573. The molecule has 0 saturated carbocycles. The number of rotatable bonds is 4. The highest BCUT2D eigenvalue weighted by Crippen LogP contribution is 2.19. The van der Waals surface area contributed by atoms with E-state index in [1.807, 2.05) is 13.8 Å². The summed E-state index contributed by atoms with van der Waals surface area (Å²) in [5, 5.41) is 2.95. The van der Waals surface area contributed by atoms with E-state index in [0.717, 1.165) is 18.7 Å². The van der Waals surface area contributed by atoms with Crippen LogP contribution < -0.4 is 5.32 Å². The number of nitrogens with one attached hydrogen (secondary N) is 1. The van der Waals surface area contributed by atoms with Crippen LogP contribution in [0.5, 0.6) is 0 Å². The van der Waals surface area contributed by atoms with Crippen LogP contribution in [-0.2, 0) is 6.42 Å². The molecule has 1 N–H and O–H groups in total. The van der Waals surface area contributed by atoms with Gasteiger partial charge in [-0.2, -0.15) is 0 Å². The molecule has 0 aliphatic heterocycles. The summed E-state index contributed by atoms with van der Waals surface area (Å²) in [5.41, 5.74) is 0. The van der Waals surface area contributed by atoms with Crippen LogP contribution in [0.4, 0.5) is 14.6 Å². The first-order chi connectivity index (χ1) is 8.54. The summed E-state index contributed by atoms with van der Waals surface area (Å²) in [5.74, 6) is -1.24. The number of anilines is 1. The van der Waals surface area contributed by atoms with Crippen molar-refractivity contribution >= 4 is 17.2 Å². The summed E-state index contributed by atoms with van der Waals surface area (Å²) in [6.45, 7) is 3.99. The second-order valence-electron chi connectivity index (χ2n) is 4.25. The second-order valence-corrected chi connectivity index (χ2v) is 5.62. The van der Waals surface area contributed by atoms with E-state index in [4.69, 9.17) is 0 Å². The molecule has 0 aliphatic carbocycles. The summed E-state index contributed by atoms with van der Waals surface area (Å²) < 4.78 is 26.1. The molecule has 5 heteroatoms. The van der Waals surface area contributed by atoms with Crippen LogP contribution in [0.15, 0.2) is 24.4 Å². The van der Waals surface area contributed by atoms with Crippen molar-refractivity contribution < 1.29 is 8.78 Å². The van der Waals surface area contributed by atoms with E-state index in [1.54, 1.807) is 11.3 Å². The van der Waals surface area contributed by atoms with Crippen LogP contribution in [0.25, 0.3) is 0 Å². The van der Waals surface area contributed by atoms with E-state index in [0.29, 0.717) is 0 Å². The maximum Gasteiger partial charge on any atom is 0.168 e. The average molecular weight is 268 g/mol. The molecule has 18 heavy (non-hydrogen) atoms. The zero-order chi connectivity index (χ0) is 13.1. The third-order valence-corrected chi connectivity index (χ3v) is 3.52. The van der Waals surface area contributed by atoms with Crippen molar-refractivity contribution in [2.24, 2.45) is 0 Å². The Morgan fingerprint density at radius 2 is 2.17 bits per heavy atom. The summed E-state index contributed by atoms with van der Waals surface area (Å²) in [6, 6.07) is 4.99. The Kier molecular flexibility index (Phi) is 3.91. The minimum Gasteiger partial charge on any atom is -0.365 e. The van der Waals surface area contributed by atoms with Gasteiger partial charge in [0.25, 0.3) is 0 Å². The second kappa shape index (κ2) is 5.44. The Labute approximate surface area is 109 Å². The van der Waals surface area contributed by atoms with Gasteiger partial charge >= 0.3 is 0 Å². The Balaban J connectivity index is 2.00. The number of aryl methyl sites for hydroxylation is 1. The summed E-state index contributed by atoms with van der Waals surface area (Å²) in [7, 11) is 0. The first-order valence-corrected chi connectivity index (χ1v) is 6.49. The van der Waals surface area contributed by atoms with Crippen LogP contribution in [-0.4, -0.2) is 11.0 Å². The van der Waals surface area contributed by atoms with E-state index in [2.05, 4.69) is 22.4 Å². The molecule has 1 unspecified atom stereocenters. The minimum absolute atomic E-state index is 0.0375. The number of hydrogen-bond acceptors (Lipinski definition) is 3. The van der Waals surface area contributed by atoms with Crippen LogP contribution in [0.3, 0.4) is 0 Å². The standard InChI is InChI=1S/C13H14F2N2S/c1-8(5-11-4-3-9(2)18-11)17-13-12(15)6-10(14)7-16-13/h3-4,6-8H,5H2,1-2H3,(H,16,17). The maximum atomic E-state index is 13.4. The molecule has 1 atom stereocenters. The van der Waals surface area contributed by atoms with Gasteiger partial charge in [0, 0.05) is 28.3 Å². The molecule has 96 valence electrons. The lowest BCUT2D eigenvalue weighted by Crippen LogP contribution is -2.19. The number of pyridine rings is 1. The normalized spacial score (nSPS) is 12.4. The van der Waals surface area contributed by atoms with Crippen molar-refractivity contribution in [3.63, 3.8) is 0 Å². The molecule has 2 heterocycles. The van der Waals surface area contributed by atoms with Crippen molar-refractivity contribution in [2.75, 3.05) is 5.32 Å². The summed E-state index contributed by atoms with van der Waals surface area (Å²) in [4.78, 5) is 6.19. The van der Waals surface area contributed by atoms with Gasteiger partial charge in [-0.25, -0.2) is 13.8 Å². The van der Waals surface area contributed by atoms with Crippen LogP contribution >= 0.6 is 11.3 Å². The zero-order valence-corrected chi connectivity index (χ0v) is 11.0. The Morgan fingerprint density at radius 1 is 1.39 bits per heavy atom. The highest BCUT2D eigenvalue weighted by atomic mass is 32.1. The highest BCUT2D eigenvalue weighted by Gasteiger charge is 2.10. The van der Waals surface area contributed by atoms with E-state index in [1.165, 1.54) is 9.75 Å². The number of nitrogens with zero attached hydrogens (tertiary/aromatic N) is 1. The summed E-state index contributed by atoms with van der Waals surface area (Å²) >= 11 is 1.72. The maximum absolute atomic E-state index is 13.4. The van der Waals surface area contributed by atoms with Crippen molar-refractivity contribution in [1.82, 2.24) is 4.98 Å². The van der Waals surface area contributed by atoms with E-state index in [-0.39, 0.29) is 11.9 Å². The van der Waals surface area contributed by atoms with Gasteiger partial charge < -0.3 is 5.32 Å². The van der Waals surface area contributed by atoms with Gasteiger partial charge in [0.15, 0.2) is 11.6 Å². The quantitative estimate of drug-likeness (QED) is 0.913. The third-order valence-electron chi connectivity index (χ3n) is 2.49. The van der Waals surface area contributed by atoms with Gasteiger partial charge in [-0.1, -0.05) is 0 Å². The van der Waals surface area contributed by atoms with Gasteiger partial charge in [-0.15, -0.1) is 11.3 Å². The minimum atomic E-state index is -0.667. The van der Waals surface area contributed by atoms with Gasteiger partial charge in [0.2, 0.25) is 0 Å². The molecule has 2 aromatic heterocycles. The average Bonchev–Trinajstić information content (AvgIpc) is 2.68. The van der Waals surface area contributed by atoms with Crippen molar-refractivity contribution in [3.8, 4) is 0 Å². The predicted octanol–water partition coefficient (Wildman–Crippen LogP) is 3.77. The predicted molar refractivity (Wildman–Crippen MR) is 70.0 cm³/mol. The Morgan fingerprint density at radius 3 is 2.78 bits per heavy atom. The molecule has 0 radical (unpaired) electrons. The first-order valence-electron chi connectivity index (χ1n) is 5.67. The van der Waals surface area contributed by atoms with E-state index in [9.17, 15) is 8.78 Å². The van der Waals surface area contributed by atoms with Crippen LogP contribution in [0.1, 0.15) is 16.7 Å². The lowest BCUT2D eigenvalue weighted by Gasteiger charge is -2.13. The fraction of sp³-hybridized carbons (Fsp3) is 0.308. The Bertz CT molecular complexity index is 540. The van der Waals surface area contributed by atoms with Gasteiger partial charge in [-0.3, -0.25) is 0 Å². The fourth-order valence-corrected chi connectivity index (χ4v) is 2.72. The van der Waals surface area contributed by atoms with Gasteiger partial charge in [0.05, 0.1) is 6.20 Å². The number of thiophene rings is 1. The number of halogens is 2. The number of aromatic nitrogens is 1. The Hall–Kier alpha value is -1.49. The number of hydrogen-bond donors (Lipinski definition) is 1. The first kappa shape index (κ1) is 13.0. The highest BCUT2D eigenvalue weighted by molar-refractivity contribution is 7.11. The topological polar surface area (TPSA) is 24.9 Å². The van der Waals surface area contributed by atoms with Crippen molar-refractivity contribution in [1.29, 1.82) is 0 Å².